The quantitative estimate of drug-likeness (QED) is 0.420. The Morgan fingerprint density at radius 3 is 2.50 bits per heavy atom. The monoisotopic (exact) mass is 399 g/mol. The molecule has 2 aromatic rings. The first-order valence-electron chi connectivity index (χ1n) is 7.87. The second-order valence-electron chi connectivity index (χ2n) is 5.59. The molecule has 0 aliphatic carbocycles. The first-order valence-corrected chi connectivity index (χ1v) is 9.44. The number of nitrogens with zero attached hydrogens (tertiary/aromatic N) is 1. The summed E-state index contributed by atoms with van der Waals surface area (Å²) in [5.74, 6) is -1.32. The molecular formula is C18H19ClFNO4S. The first kappa shape index (κ1) is 20.4. The summed E-state index contributed by atoms with van der Waals surface area (Å²) < 4.78 is 42.9. The highest BCUT2D eigenvalue weighted by Crippen LogP contribution is 2.24. The molecule has 0 amide bonds. The van der Waals surface area contributed by atoms with Gasteiger partial charge < -0.3 is 4.74 Å². The van der Waals surface area contributed by atoms with Crippen LogP contribution in [0.15, 0.2) is 48.5 Å². The number of rotatable bonds is 8. The smallest absolute Gasteiger partial charge is 0.337 e. The molecule has 140 valence electrons. The second kappa shape index (κ2) is 9.66. The molecule has 0 fully saturated rings. The summed E-state index contributed by atoms with van der Waals surface area (Å²) in [7, 11) is -1.70. The Kier molecular flexibility index (Phi) is 7.56. The van der Waals surface area contributed by atoms with Crippen LogP contribution in [0.25, 0.3) is 0 Å². The number of carbonyl (C=O) groups excluding carboxylic acids is 1. The summed E-state index contributed by atoms with van der Waals surface area (Å²) in [4.78, 5) is 11.4. The molecule has 0 saturated carbocycles. The Bertz CT molecular complexity index is 821. The summed E-state index contributed by atoms with van der Waals surface area (Å²) in [5, 5.41) is -0.347. The highest BCUT2D eigenvalue weighted by Gasteiger charge is 2.16. The lowest BCUT2D eigenvalue weighted by atomic mass is 10.1. The summed E-state index contributed by atoms with van der Waals surface area (Å²) in [5.41, 5.74) is 1.13. The maximum Gasteiger partial charge on any atom is 0.337 e. The van der Waals surface area contributed by atoms with Gasteiger partial charge >= 0.3 is 5.97 Å². The number of methoxy groups -OCH3 is 1. The zero-order valence-electron chi connectivity index (χ0n) is 14.1. The van der Waals surface area contributed by atoms with E-state index in [1.807, 2.05) is 30.3 Å². The third kappa shape index (κ3) is 5.52. The van der Waals surface area contributed by atoms with E-state index in [4.69, 9.17) is 11.6 Å². The van der Waals surface area contributed by atoms with Crippen molar-refractivity contribution in [2.75, 3.05) is 13.7 Å². The summed E-state index contributed by atoms with van der Waals surface area (Å²) in [6.07, 6.45) is 0.386. The number of alkyl halides is 1. The molecule has 8 heteroatoms. The molecule has 2 aromatic carbocycles. The summed E-state index contributed by atoms with van der Waals surface area (Å²) >= 11 is 6.31. The fourth-order valence-corrected chi connectivity index (χ4v) is 3.22. The molecule has 0 radical (unpaired) electrons. The molecule has 5 nitrogen and oxygen atoms in total. The van der Waals surface area contributed by atoms with Crippen LogP contribution >= 0.6 is 11.6 Å². The van der Waals surface area contributed by atoms with E-state index in [9.17, 15) is 17.6 Å². The van der Waals surface area contributed by atoms with Crippen LogP contribution in [0.4, 0.5) is 4.39 Å². The van der Waals surface area contributed by atoms with Crippen molar-refractivity contribution in [1.29, 1.82) is 0 Å². The fraction of sp³-hybridized carbons (Fsp3) is 0.278. The third-order valence-corrected chi connectivity index (χ3v) is 5.13. The van der Waals surface area contributed by atoms with Crippen molar-refractivity contribution in [2.45, 2.75) is 18.3 Å². The van der Waals surface area contributed by atoms with E-state index in [-0.39, 0.29) is 29.6 Å². The van der Waals surface area contributed by atoms with Gasteiger partial charge in [0.1, 0.15) is 5.82 Å². The Labute approximate surface area is 158 Å². The Morgan fingerprint density at radius 2 is 1.92 bits per heavy atom. The third-order valence-electron chi connectivity index (χ3n) is 3.86. The van der Waals surface area contributed by atoms with Gasteiger partial charge in [-0.15, -0.1) is 11.6 Å². The van der Waals surface area contributed by atoms with Crippen molar-refractivity contribution in [3.8, 4) is 0 Å². The number of hydrogen-bond acceptors (Lipinski definition) is 4. The van der Waals surface area contributed by atoms with Gasteiger partial charge in [0.25, 0.3) is 0 Å². The minimum absolute atomic E-state index is 0.0664. The maximum absolute atomic E-state index is 14.2. The van der Waals surface area contributed by atoms with Crippen LogP contribution in [0.3, 0.4) is 0 Å². The van der Waals surface area contributed by atoms with Crippen LogP contribution in [0.1, 0.15) is 33.3 Å². The minimum Gasteiger partial charge on any atom is -0.465 e. The zero-order valence-corrected chi connectivity index (χ0v) is 15.8. The van der Waals surface area contributed by atoms with Crippen LogP contribution in [0.2, 0.25) is 0 Å². The van der Waals surface area contributed by atoms with Crippen molar-refractivity contribution >= 4 is 28.5 Å². The average Bonchev–Trinajstić information content (AvgIpc) is 2.65. The number of carbonyl (C=O) groups is 1. The Hall–Kier alpha value is -1.96. The highest BCUT2D eigenvalue weighted by molar-refractivity contribution is 7.69. The molecule has 0 aromatic heterocycles. The van der Waals surface area contributed by atoms with Gasteiger partial charge in [-0.3, -0.25) is 0 Å². The zero-order chi connectivity index (χ0) is 19.1. The number of benzene rings is 2. The number of ether oxygens (including phenoxy) is 1. The molecule has 0 spiro atoms. The SMILES string of the molecule is COC(=O)c1ccc(CN(CCC(Cl)c2ccccc2)[SH](=O)=O)c(F)c1. The van der Waals surface area contributed by atoms with E-state index in [0.717, 1.165) is 15.9 Å². The van der Waals surface area contributed by atoms with Crippen LogP contribution in [0, 0.1) is 5.82 Å². The first-order chi connectivity index (χ1) is 12.4. The molecule has 1 unspecified atom stereocenters. The lowest BCUT2D eigenvalue weighted by Crippen LogP contribution is -2.24. The molecule has 0 saturated heterocycles. The van der Waals surface area contributed by atoms with Gasteiger partial charge in [0.05, 0.1) is 18.1 Å². The van der Waals surface area contributed by atoms with Crippen molar-refractivity contribution in [3.05, 3.63) is 71.0 Å². The molecule has 0 bridgehead atoms. The van der Waals surface area contributed by atoms with E-state index in [0.29, 0.717) is 6.42 Å². The normalized spacial score (nSPS) is 12.3. The van der Waals surface area contributed by atoms with Gasteiger partial charge in [0, 0.05) is 18.7 Å². The molecule has 0 N–H and O–H groups in total. The van der Waals surface area contributed by atoms with E-state index in [1.54, 1.807) is 0 Å². The largest absolute Gasteiger partial charge is 0.465 e. The standard InChI is InChI=1S/C18H19ClFNO4S/c1-25-18(22)14-7-8-15(17(20)11-14)12-21(26(23)24)10-9-16(19)13-5-3-2-4-6-13/h2-8,11,16,26H,9-10,12H2,1H3. The Morgan fingerprint density at radius 1 is 1.23 bits per heavy atom. The van der Waals surface area contributed by atoms with Gasteiger partial charge in [0.15, 0.2) is 0 Å². The van der Waals surface area contributed by atoms with Crippen molar-refractivity contribution in [1.82, 2.24) is 4.31 Å². The fourth-order valence-electron chi connectivity index (χ4n) is 2.43. The molecule has 1 atom stereocenters. The molecular weight excluding hydrogens is 381 g/mol. The van der Waals surface area contributed by atoms with Crippen LogP contribution in [-0.4, -0.2) is 32.3 Å². The van der Waals surface area contributed by atoms with Gasteiger partial charge in [-0.1, -0.05) is 36.4 Å². The summed E-state index contributed by atoms with van der Waals surface area (Å²) in [6.45, 7) is 0.0182. The molecule has 0 heterocycles. The maximum atomic E-state index is 14.2. The van der Waals surface area contributed by atoms with Gasteiger partial charge in [-0.2, -0.15) is 4.31 Å². The topological polar surface area (TPSA) is 63.7 Å². The van der Waals surface area contributed by atoms with Crippen LogP contribution in [0.5, 0.6) is 0 Å². The predicted molar refractivity (Wildman–Crippen MR) is 98.1 cm³/mol. The van der Waals surface area contributed by atoms with Gasteiger partial charge in [0.2, 0.25) is 10.9 Å². The number of hydrogen-bond donors (Lipinski definition) is 1. The van der Waals surface area contributed by atoms with Crippen molar-refractivity contribution in [2.24, 2.45) is 0 Å². The predicted octanol–water partition coefficient (Wildman–Crippen LogP) is 3.31. The van der Waals surface area contributed by atoms with E-state index < -0.39 is 22.7 Å². The average molecular weight is 400 g/mol. The second-order valence-corrected chi connectivity index (χ2v) is 7.16. The van der Waals surface area contributed by atoms with E-state index in [1.165, 1.54) is 19.2 Å². The van der Waals surface area contributed by atoms with Crippen molar-refractivity contribution in [3.63, 3.8) is 0 Å². The summed E-state index contributed by atoms with van der Waals surface area (Å²) in [6, 6.07) is 13.1. The molecule has 2 rings (SSSR count). The molecule has 26 heavy (non-hydrogen) atoms. The lowest BCUT2D eigenvalue weighted by Gasteiger charge is -2.18. The Balaban J connectivity index is 2.05. The van der Waals surface area contributed by atoms with Gasteiger partial charge in [-0.05, 0) is 24.1 Å². The van der Waals surface area contributed by atoms with Gasteiger partial charge in [-0.25, -0.2) is 17.6 Å². The molecule has 0 aliphatic rings. The minimum atomic E-state index is -2.91. The number of thiol groups is 1. The van der Waals surface area contributed by atoms with Crippen molar-refractivity contribution < 1.29 is 22.3 Å². The van der Waals surface area contributed by atoms with Crippen LogP contribution < -0.4 is 0 Å². The highest BCUT2D eigenvalue weighted by atomic mass is 35.5. The number of halogens is 2. The lowest BCUT2D eigenvalue weighted by molar-refractivity contribution is 0.0600. The number of esters is 1. The van der Waals surface area contributed by atoms with Crippen LogP contribution in [-0.2, 0) is 22.2 Å². The van der Waals surface area contributed by atoms with E-state index >= 15 is 0 Å². The molecule has 0 aliphatic heterocycles. The van der Waals surface area contributed by atoms with E-state index in [2.05, 4.69) is 4.74 Å².